The number of amides is 3. The van der Waals surface area contributed by atoms with Gasteiger partial charge in [0.15, 0.2) is 0 Å². The first-order valence-electron chi connectivity index (χ1n) is 10.4. The molecule has 31 heavy (non-hydrogen) atoms. The van der Waals surface area contributed by atoms with Crippen molar-refractivity contribution < 1.29 is 9.59 Å². The second-order valence-electron chi connectivity index (χ2n) is 7.63. The summed E-state index contributed by atoms with van der Waals surface area (Å²) in [4.78, 5) is 45.5. The third-order valence-electron chi connectivity index (χ3n) is 5.57. The van der Waals surface area contributed by atoms with Gasteiger partial charge in [-0.3, -0.25) is 14.2 Å². The van der Waals surface area contributed by atoms with Crippen molar-refractivity contribution in [3.05, 3.63) is 70.8 Å². The molecule has 2 aromatic carbocycles. The van der Waals surface area contributed by atoms with Gasteiger partial charge in [0.05, 0.1) is 17.2 Å². The minimum Gasteiger partial charge on any atom is -0.339 e. The van der Waals surface area contributed by atoms with Crippen molar-refractivity contribution in [2.45, 2.75) is 19.9 Å². The van der Waals surface area contributed by atoms with Crippen LogP contribution in [0, 0.1) is 6.92 Å². The molecule has 0 aliphatic carbocycles. The van der Waals surface area contributed by atoms with Crippen molar-refractivity contribution in [1.82, 2.24) is 19.4 Å². The first-order chi connectivity index (χ1) is 15.0. The third-order valence-corrected chi connectivity index (χ3v) is 5.57. The van der Waals surface area contributed by atoms with Gasteiger partial charge in [-0.1, -0.05) is 30.3 Å². The first-order valence-corrected chi connectivity index (χ1v) is 10.4. The van der Waals surface area contributed by atoms with Gasteiger partial charge in [0.1, 0.15) is 0 Å². The molecule has 2 heterocycles. The van der Waals surface area contributed by atoms with E-state index < -0.39 is 0 Å². The van der Waals surface area contributed by atoms with Crippen molar-refractivity contribution in [3.63, 3.8) is 0 Å². The van der Waals surface area contributed by atoms with Crippen LogP contribution >= 0.6 is 0 Å². The molecule has 1 fully saturated rings. The summed E-state index contributed by atoms with van der Waals surface area (Å²) >= 11 is 0. The molecule has 3 aromatic rings. The number of piperazine rings is 1. The van der Waals surface area contributed by atoms with Crippen LogP contribution in [0.5, 0.6) is 0 Å². The Morgan fingerprint density at radius 2 is 1.68 bits per heavy atom. The molecule has 0 saturated carbocycles. The molecule has 1 N–H and O–H groups in total. The number of para-hydroxylation sites is 2. The Hall–Kier alpha value is -3.68. The van der Waals surface area contributed by atoms with Crippen molar-refractivity contribution in [3.8, 4) is 0 Å². The lowest BCUT2D eigenvalue weighted by Gasteiger charge is -2.34. The average molecular weight is 419 g/mol. The lowest BCUT2D eigenvalue weighted by molar-refractivity contribution is -0.132. The summed E-state index contributed by atoms with van der Waals surface area (Å²) in [6.45, 7) is 4.10. The van der Waals surface area contributed by atoms with Gasteiger partial charge in [-0.25, -0.2) is 9.78 Å². The van der Waals surface area contributed by atoms with Crippen molar-refractivity contribution in [1.29, 1.82) is 0 Å². The van der Waals surface area contributed by atoms with Gasteiger partial charge in [0, 0.05) is 44.8 Å². The smallest absolute Gasteiger partial charge is 0.321 e. The number of nitrogens with zero attached hydrogens (tertiary/aromatic N) is 4. The number of benzene rings is 2. The van der Waals surface area contributed by atoms with E-state index in [0.717, 1.165) is 11.3 Å². The Morgan fingerprint density at radius 3 is 2.42 bits per heavy atom. The fraction of sp³-hybridized carbons (Fsp3) is 0.304. The summed E-state index contributed by atoms with van der Waals surface area (Å²) in [6, 6.07) is 14.6. The zero-order valence-corrected chi connectivity index (χ0v) is 17.5. The zero-order chi connectivity index (χ0) is 21.8. The van der Waals surface area contributed by atoms with E-state index in [4.69, 9.17) is 0 Å². The van der Waals surface area contributed by atoms with Crippen LogP contribution in [0.4, 0.5) is 10.5 Å². The van der Waals surface area contributed by atoms with Crippen LogP contribution in [0.3, 0.4) is 0 Å². The molecule has 8 heteroatoms. The molecule has 3 amide bonds. The molecule has 1 aromatic heterocycles. The average Bonchev–Trinajstić information content (AvgIpc) is 2.80. The van der Waals surface area contributed by atoms with Crippen LogP contribution in [0.2, 0.25) is 0 Å². The standard InChI is InChI=1S/C23H25N5O3/c1-17-6-5-9-19-21(17)24-16-28(22(19)30)11-10-20(29)26-12-14-27(15-13-26)23(31)25-18-7-3-2-4-8-18/h2-9,16H,10-15H2,1H3,(H,25,31). The molecule has 1 saturated heterocycles. The Morgan fingerprint density at radius 1 is 0.968 bits per heavy atom. The number of urea groups is 1. The number of rotatable bonds is 4. The van der Waals surface area contributed by atoms with Gasteiger partial charge in [0.2, 0.25) is 5.91 Å². The minimum atomic E-state index is -0.164. The summed E-state index contributed by atoms with van der Waals surface area (Å²) < 4.78 is 1.49. The molecule has 1 aliphatic rings. The number of aromatic nitrogens is 2. The number of carbonyl (C=O) groups excluding carboxylic acids is 2. The lowest BCUT2D eigenvalue weighted by atomic mass is 10.1. The largest absolute Gasteiger partial charge is 0.339 e. The van der Waals surface area contributed by atoms with E-state index in [1.165, 1.54) is 10.9 Å². The Balaban J connectivity index is 1.30. The van der Waals surface area contributed by atoms with Crippen LogP contribution in [-0.4, -0.2) is 57.5 Å². The number of hydrogen-bond donors (Lipinski definition) is 1. The van der Waals surface area contributed by atoms with Gasteiger partial charge in [-0.2, -0.15) is 0 Å². The Labute approximate surface area is 180 Å². The predicted octanol–water partition coefficient (Wildman–Crippen LogP) is 2.47. The summed E-state index contributed by atoms with van der Waals surface area (Å²) in [6.07, 6.45) is 1.73. The van der Waals surface area contributed by atoms with Gasteiger partial charge in [-0.05, 0) is 30.7 Å². The number of anilines is 1. The molecule has 8 nitrogen and oxygen atoms in total. The molecular formula is C23H25N5O3. The summed E-state index contributed by atoms with van der Waals surface area (Å²) in [7, 11) is 0. The van der Waals surface area contributed by atoms with E-state index in [1.807, 2.05) is 49.4 Å². The predicted molar refractivity (Wildman–Crippen MR) is 119 cm³/mol. The maximum absolute atomic E-state index is 12.7. The number of carbonyl (C=O) groups is 2. The Bertz CT molecular complexity index is 1150. The highest BCUT2D eigenvalue weighted by molar-refractivity contribution is 5.89. The van der Waals surface area contributed by atoms with Crippen molar-refractivity contribution >= 4 is 28.5 Å². The normalized spacial score (nSPS) is 14.0. The van der Waals surface area contributed by atoms with Crippen molar-refractivity contribution in [2.75, 3.05) is 31.5 Å². The van der Waals surface area contributed by atoms with Gasteiger partial charge in [0.25, 0.3) is 5.56 Å². The van der Waals surface area contributed by atoms with E-state index in [1.54, 1.807) is 15.9 Å². The first kappa shape index (κ1) is 20.6. The number of nitrogens with one attached hydrogen (secondary N) is 1. The van der Waals surface area contributed by atoms with E-state index in [9.17, 15) is 14.4 Å². The maximum atomic E-state index is 12.7. The Kier molecular flexibility index (Phi) is 5.97. The zero-order valence-electron chi connectivity index (χ0n) is 17.5. The molecule has 160 valence electrons. The second kappa shape index (κ2) is 8.99. The summed E-state index contributed by atoms with van der Waals surface area (Å²) in [5, 5.41) is 3.43. The molecule has 0 unspecified atom stereocenters. The molecule has 0 spiro atoms. The highest BCUT2D eigenvalue weighted by atomic mass is 16.2. The minimum absolute atomic E-state index is 0.0284. The fourth-order valence-corrected chi connectivity index (χ4v) is 3.75. The van der Waals surface area contributed by atoms with Gasteiger partial charge >= 0.3 is 6.03 Å². The van der Waals surface area contributed by atoms with Crippen LogP contribution < -0.4 is 10.9 Å². The topological polar surface area (TPSA) is 87.5 Å². The number of fused-ring (bicyclic) bond motifs is 1. The molecule has 0 bridgehead atoms. The molecule has 0 radical (unpaired) electrons. The number of hydrogen-bond acceptors (Lipinski definition) is 4. The van der Waals surface area contributed by atoms with Crippen LogP contribution in [0.25, 0.3) is 10.9 Å². The van der Waals surface area contributed by atoms with Crippen LogP contribution in [0.1, 0.15) is 12.0 Å². The highest BCUT2D eigenvalue weighted by Crippen LogP contribution is 2.12. The van der Waals surface area contributed by atoms with E-state index in [0.29, 0.717) is 37.1 Å². The SMILES string of the molecule is Cc1cccc2c(=O)n(CCC(=O)N3CCN(C(=O)Nc4ccccc4)CC3)cnc12. The van der Waals surface area contributed by atoms with Crippen molar-refractivity contribution in [2.24, 2.45) is 0 Å². The fourth-order valence-electron chi connectivity index (χ4n) is 3.75. The van der Waals surface area contributed by atoms with E-state index >= 15 is 0 Å². The molecular weight excluding hydrogens is 394 g/mol. The van der Waals surface area contributed by atoms with Gasteiger partial charge < -0.3 is 15.1 Å². The van der Waals surface area contributed by atoms with E-state index in [2.05, 4.69) is 10.3 Å². The van der Waals surface area contributed by atoms with Gasteiger partial charge in [-0.15, -0.1) is 0 Å². The van der Waals surface area contributed by atoms with Crippen LogP contribution in [0.15, 0.2) is 59.7 Å². The molecule has 4 rings (SSSR count). The third kappa shape index (κ3) is 4.58. The monoisotopic (exact) mass is 419 g/mol. The van der Waals surface area contributed by atoms with E-state index in [-0.39, 0.29) is 30.5 Å². The maximum Gasteiger partial charge on any atom is 0.321 e. The summed E-state index contributed by atoms with van der Waals surface area (Å²) in [5.41, 5.74) is 2.26. The lowest BCUT2D eigenvalue weighted by Crippen LogP contribution is -2.51. The molecule has 1 aliphatic heterocycles. The molecule has 0 atom stereocenters. The van der Waals surface area contributed by atoms with Crippen LogP contribution in [-0.2, 0) is 11.3 Å². The number of aryl methyl sites for hydroxylation is 2. The quantitative estimate of drug-likeness (QED) is 0.704. The highest BCUT2D eigenvalue weighted by Gasteiger charge is 2.24. The second-order valence-corrected chi connectivity index (χ2v) is 7.63. The summed E-state index contributed by atoms with van der Waals surface area (Å²) in [5.74, 6) is -0.0284.